The Morgan fingerprint density at radius 3 is 2.14 bits per heavy atom. The van der Waals surface area contributed by atoms with E-state index in [2.05, 4.69) is 5.32 Å². The van der Waals surface area contributed by atoms with Crippen LogP contribution < -0.4 is 9.62 Å². The van der Waals surface area contributed by atoms with Gasteiger partial charge >= 0.3 is 0 Å². The lowest BCUT2D eigenvalue weighted by molar-refractivity contribution is 0.0954. The van der Waals surface area contributed by atoms with Crippen LogP contribution in [-0.2, 0) is 23.0 Å². The number of sulfonamides is 1. The van der Waals surface area contributed by atoms with E-state index in [4.69, 9.17) is 0 Å². The van der Waals surface area contributed by atoms with Crippen LogP contribution in [0, 0.1) is 12.7 Å². The Hall–Kier alpha value is -3.97. The van der Waals surface area contributed by atoms with Crippen LogP contribution in [0.5, 0.6) is 0 Å². The minimum Gasteiger partial charge on any atom is -0.352 e. The van der Waals surface area contributed by atoms with E-state index in [0.29, 0.717) is 18.7 Å². The van der Waals surface area contributed by atoms with Gasteiger partial charge in [-0.15, -0.1) is 0 Å². The average Bonchev–Trinajstić information content (AvgIpc) is 2.89. The van der Waals surface area contributed by atoms with E-state index in [1.807, 2.05) is 37.3 Å². The molecule has 4 rings (SSSR count). The molecule has 184 valence electrons. The summed E-state index contributed by atoms with van der Waals surface area (Å²) in [6, 6.07) is 28.7. The number of halogens is 1. The van der Waals surface area contributed by atoms with Crippen LogP contribution in [0.15, 0.2) is 108 Å². The number of carbonyl (C=O) groups is 1. The van der Waals surface area contributed by atoms with Crippen molar-refractivity contribution in [3.63, 3.8) is 0 Å². The molecule has 0 aliphatic heterocycles. The van der Waals surface area contributed by atoms with Crippen molar-refractivity contribution < 1.29 is 17.6 Å². The summed E-state index contributed by atoms with van der Waals surface area (Å²) in [7, 11) is -3.97. The fourth-order valence-corrected chi connectivity index (χ4v) is 5.31. The van der Waals surface area contributed by atoms with Crippen molar-refractivity contribution in [1.29, 1.82) is 0 Å². The van der Waals surface area contributed by atoms with Crippen LogP contribution in [0.4, 0.5) is 10.1 Å². The number of benzene rings is 4. The van der Waals surface area contributed by atoms with Gasteiger partial charge in [0.15, 0.2) is 0 Å². The lowest BCUT2D eigenvalue weighted by Crippen LogP contribution is -2.34. The second kappa shape index (κ2) is 11.2. The Kier molecular flexibility index (Phi) is 7.80. The minimum atomic E-state index is -3.97. The number of nitrogens with one attached hydrogen (secondary N) is 1. The molecule has 7 heteroatoms. The number of carbonyl (C=O) groups excluding carboxylic acids is 1. The Labute approximate surface area is 211 Å². The van der Waals surface area contributed by atoms with E-state index in [1.165, 1.54) is 16.4 Å². The second-order valence-electron chi connectivity index (χ2n) is 8.46. The van der Waals surface area contributed by atoms with Crippen LogP contribution in [0.2, 0.25) is 0 Å². The van der Waals surface area contributed by atoms with Crippen molar-refractivity contribution in [2.75, 3.05) is 10.8 Å². The largest absolute Gasteiger partial charge is 0.352 e. The highest BCUT2D eigenvalue weighted by Crippen LogP contribution is 2.29. The lowest BCUT2D eigenvalue weighted by Gasteiger charge is -2.26. The molecule has 0 aromatic heterocycles. The van der Waals surface area contributed by atoms with Crippen LogP contribution in [-0.4, -0.2) is 20.9 Å². The first-order valence-corrected chi connectivity index (χ1v) is 13.0. The number of hydrogen-bond donors (Lipinski definition) is 1. The van der Waals surface area contributed by atoms with E-state index in [-0.39, 0.29) is 28.7 Å². The third-order valence-electron chi connectivity index (χ3n) is 5.81. The van der Waals surface area contributed by atoms with Crippen molar-refractivity contribution in [2.45, 2.75) is 24.8 Å². The topological polar surface area (TPSA) is 66.5 Å². The smallest absolute Gasteiger partial charge is 0.264 e. The molecule has 0 saturated carbocycles. The zero-order chi connectivity index (χ0) is 25.5. The highest BCUT2D eigenvalue weighted by atomic mass is 32.2. The van der Waals surface area contributed by atoms with Gasteiger partial charge in [-0.25, -0.2) is 12.8 Å². The van der Waals surface area contributed by atoms with Gasteiger partial charge in [-0.3, -0.25) is 9.10 Å². The van der Waals surface area contributed by atoms with E-state index in [0.717, 1.165) is 16.7 Å². The standard InChI is InChI=1S/C29H27FN2O3S/c1-22-11-17-26(18-12-22)36(34,35)32(21-24-7-3-2-4-8-24)28-10-6-5-9-27(28)29(33)31-20-19-23-13-15-25(30)16-14-23/h2-18H,19-21H2,1H3,(H,31,33). The zero-order valence-electron chi connectivity index (χ0n) is 19.9. The second-order valence-corrected chi connectivity index (χ2v) is 10.3. The van der Waals surface area contributed by atoms with Crippen molar-refractivity contribution in [2.24, 2.45) is 0 Å². The van der Waals surface area contributed by atoms with Gasteiger partial charge in [-0.05, 0) is 60.9 Å². The van der Waals surface area contributed by atoms with E-state index in [1.54, 1.807) is 60.7 Å². The fraction of sp³-hybridized carbons (Fsp3) is 0.138. The maximum absolute atomic E-state index is 13.8. The van der Waals surface area contributed by atoms with Gasteiger partial charge in [0, 0.05) is 6.54 Å². The summed E-state index contributed by atoms with van der Waals surface area (Å²) in [5.74, 6) is -0.699. The van der Waals surface area contributed by atoms with Crippen LogP contribution >= 0.6 is 0 Å². The third kappa shape index (κ3) is 5.98. The molecule has 0 spiro atoms. The fourth-order valence-electron chi connectivity index (χ4n) is 3.84. The molecule has 0 heterocycles. The molecule has 0 saturated heterocycles. The number of para-hydroxylation sites is 1. The molecule has 0 unspecified atom stereocenters. The first-order chi connectivity index (χ1) is 17.3. The number of rotatable bonds is 9. The van der Waals surface area contributed by atoms with E-state index >= 15 is 0 Å². The quantitative estimate of drug-likeness (QED) is 0.329. The van der Waals surface area contributed by atoms with E-state index < -0.39 is 10.0 Å². The van der Waals surface area contributed by atoms with Crippen LogP contribution in [0.1, 0.15) is 27.0 Å². The van der Waals surface area contributed by atoms with Gasteiger partial charge in [0.1, 0.15) is 5.82 Å². The maximum atomic E-state index is 13.8. The molecule has 36 heavy (non-hydrogen) atoms. The van der Waals surface area contributed by atoms with Crippen molar-refractivity contribution in [3.05, 3.63) is 131 Å². The van der Waals surface area contributed by atoms with Gasteiger partial charge in [0.2, 0.25) is 0 Å². The van der Waals surface area contributed by atoms with Crippen molar-refractivity contribution in [3.8, 4) is 0 Å². The molecule has 1 N–H and O–H groups in total. The van der Waals surface area contributed by atoms with Gasteiger partial charge in [-0.2, -0.15) is 0 Å². The predicted octanol–water partition coefficient (Wildman–Crippen LogP) is 5.50. The maximum Gasteiger partial charge on any atom is 0.264 e. The lowest BCUT2D eigenvalue weighted by atomic mass is 10.1. The summed E-state index contributed by atoms with van der Waals surface area (Å²) in [5, 5.41) is 2.87. The molecule has 0 bridgehead atoms. The van der Waals surface area contributed by atoms with Gasteiger partial charge in [0.05, 0.1) is 22.7 Å². The number of nitrogens with zero attached hydrogens (tertiary/aromatic N) is 1. The Morgan fingerprint density at radius 2 is 1.44 bits per heavy atom. The number of aryl methyl sites for hydroxylation is 1. The monoisotopic (exact) mass is 502 g/mol. The number of hydrogen-bond acceptors (Lipinski definition) is 3. The number of amides is 1. The van der Waals surface area contributed by atoms with Crippen LogP contribution in [0.25, 0.3) is 0 Å². The summed E-state index contributed by atoms with van der Waals surface area (Å²) >= 11 is 0. The highest BCUT2D eigenvalue weighted by molar-refractivity contribution is 7.92. The predicted molar refractivity (Wildman–Crippen MR) is 140 cm³/mol. The summed E-state index contributed by atoms with van der Waals surface area (Å²) in [6.45, 7) is 2.28. The molecule has 0 radical (unpaired) electrons. The average molecular weight is 503 g/mol. The molecule has 0 aliphatic rings. The summed E-state index contributed by atoms with van der Waals surface area (Å²) in [5.41, 5.74) is 3.17. The molecule has 0 atom stereocenters. The SMILES string of the molecule is Cc1ccc(S(=O)(=O)N(Cc2ccccc2)c2ccccc2C(=O)NCCc2ccc(F)cc2)cc1. The normalized spacial score (nSPS) is 11.2. The van der Waals surface area contributed by atoms with Gasteiger partial charge < -0.3 is 5.32 Å². The molecular formula is C29H27FN2O3S. The Balaban J connectivity index is 1.65. The molecule has 5 nitrogen and oxygen atoms in total. The van der Waals surface area contributed by atoms with Crippen molar-refractivity contribution >= 4 is 21.6 Å². The molecule has 0 fully saturated rings. The van der Waals surface area contributed by atoms with Gasteiger partial charge in [0.25, 0.3) is 15.9 Å². The van der Waals surface area contributed by atoms with Gasteiger partial charge in [-0.1, -0.05) is 72.3 Å². The minimum absolute atomic E-state index is 0.0664. The Morgan fingerprint density at radius 1 is 0.806 bits per heavy atom. The third-order valence-corrected chi connectivity index (χ3v) is 7.58. The molecular weight excluding hydrogens is 475 g/mol. The summed E-state index contributed by atoms with van der Waals surface area (Å²) in [6.07, 6.45) is 0.517. The van der Waals surface area contributed by atoms with E-state index in [9.17, 15) is 17.6 Å². The summed E-state index contributed by atoms with van der Waals surface area (Å²) < 4.78 is 42.1. The molecule has 4 aromatic rings. The van der Waals surface area contributed by atoms with Crippen molar-refractivity contribution in [1.82, 2.24) is 5.32 Å². The first-order valence-electron chi connectivity index (χ1n) is 11.6. The summed E-state index contributed by atoms with van der Waals surface area (Å²) in [4.78, 5) is 13.3. The highest BCUT2D eigenvalue weighted by Gasteiger charge is 2.28. The Bertz CT molecular complexity index is 1420. The molecule has 4 aromatic carbocycles. The first kappa shape index (κ1) is 25.1. The van der Waals surface area contributed by atoms with Crippen LogP contribution in [0.3, 0.4) is 0 Å². The zero-order valence-corrected chi connectivity index (χ0v) is 20.7. The molecule has 0 aliphatic carbocycles. The molecule has 1 amide bonds. The number of anilines is 1.